The highest BCUT2D eigenvalue weighted by molar-refractivity contribution is 5.97. The van der Waals surface area contributed by atoms with Gasteiger partial charge in [-0.3, -0.25) is 9.59 Å². The van der Waals surface area contributed by atoms with Crippen molar-refractivity contribution in [2.24, 2.45) is 0 Å². The van der Waals surface area contributed by atoms with Gasteiger partial charge < -0.3 is 32.3 Å². The normalized spacial score (nSPS) is 11.7. The summed E-state index contributed by atoms with van der Waals surface area (Å²) in [7, 11) is 0. The summed E-state index contributed by atoms with van der Waals surface area (Å²) in [5.74, 6) is -2.56. The number of carbonyl (C=O) groups is 3. The van der Waals surface area contributed by atoms with E-state index in [9.17, 15) is 19.5 Å². The molecule has 1 heterocycles. The molecule has 1 amide bonds. The Labute approximate surface area is 195 Å². The number of nitrogens with one attached hydrogen (secondary N) is 2. The number of amides is 1. The number of nitrogens with zero attached hydrogens (tertiary/aromatic N) is 2. The third-order valence-corrected chi connectivity index (χ3v) is 5.35. The number of carboxylic acids is 2. The van der Waals surface area contributed by atoms with Crippen LogP contribution >= 0.6 is 0 Å². The average molecular weight is 466 g/mol. The quantitative estimate of drug-likeness (QED) is 0.257. The number of benzene rings is 2. The zero-order chi connectivity index (χ0) is 24.8. The summed E-state index contributed by atoms with van der Waals surface area (Å²) in [6.45, 7) is 2.51. The summed E-state index contributed by atoms with van der Waals surface area (Å²) in [6.07, 6.45) is 0.154. The molecule has 11 heteroatoms. The van der Waals surface area contributed by atoms with Crippen molar-refractivity contribution in [3.63, 3.8) is 0 Å². The van der Waals surface area contributed by atoms with E-state index in [0.717, 1.165) is 28.6 Å². The Morgan fingerprint density at radius 3 is 2.35 bits per heavy atom. The Bertz CT molecular complexity index is 1230. The molecular formula is C23H26N6O5. The number of carboxylic acid groups (broad SMARTS) is 2. The van der Waals surface area contributed by atoms with E-state index in [1.807, 2.05) is 19.1 Å². The summed E-state index contributed by atoms with van der Waals surface area (Å²) in [6, 6.07) is 9.03. The lowest BCUT2D eigenvalue weighted by molar-refractivity contribution is -0.140. The molecule has 0 radical (unpaired) electrons. The number of hydrogen-bond donors (Lipinski definition) is 6. The monoisotopic (exact) mass is 466 g/mol. The Morgan fingerprint density at radius 2 is 1.74 bits per heavy atom. The SMILES string of the molecule is CCc1c(CNc2ccc(C(=O)NC(CCC(=O)O)C(=O)O)cc2)ccc2nc(N)nc(N)c12. The zero-order valence-electron chi connectivity index (χ0n) is 18.5. The van der Waals surface area contributed by atoms with Crippen molar-refractivity contribution < 1.29 is 24.6 Å². The molecule has 0 saturated carbocycles. The number of carbonyl (C=O) groups excluding carboxylic acids is 1. The van der Waals surface area contributed by atoms with Crippen LogP contribution in [0.5, 0.6) is 0 Å². The lowest BCUT2D eigenvalue weighted by Gasteiger charge is -2.15. The van der Waals surface area contributed by atoms with Crippen molar-refractivity contribution in [1.82, 2.24) is 15.3 Å². The van der Waals surface area contributed by atoms with E-state index in [-0.39, 0.29) is 24.4 Å². The molecule has 2 aromatic carbocycles. The van der Waals surface area contributed by atoms with Crippen LogP contribution < -0.4 is 22.1 Å². The van der Waals surface area contributed by atoms with E-state index in [1.54, 1.807) is 24.3 Å². The van der Waals surface area contributed by atoms with Gasteiger partial charge in [0.25, 0.3) is 5.91 Å². The molecule has 0 saturated heterocycles. The van der Waals surface area contributed by atoms with E-state index >= 15 is 0 Å². The van der Waals surface area contributed by atoms with E-state index in [4.69, 9.17) is 16.6 Å². The molecule has 1 atom stereocenters. The molecule has 1 aromatic heterocycles. The van der Waals surface area contributed by atoms with Crippen LogP contribution in [-0.2, 0) is 22.6 Å². The smallest absolute Gasteiger partial charge is 0.326 e. The third-order valence-electron chi connectivity index (χ3n) is 5.35. The fourth-order valence-electron chi connectivity index (χ4n) is 3.66. The van der Waals surface area contributed by atoms with Gasteiger partial charge in [0, 0.05) is 29.6 Å². The van der Waals surface area contributed by atoms with Gasteiger partial charge in [-0.1, -0.05) is 13.0 Å². The highest BCUT2D eigenvalue weighted by Crippen LogP contribution is 2.27. The summed E-state index contributed by atoms with van der Waals surface area (Å²) in [4.78, 5) is 42.7. The Balaban J connectivity index is 1.69. The largest absolute Gasteiger partial charge is 0.481 e. The van der Waals surface area contributed by atoms with Gasteiger partial charge in [-0.25, -0.2) is 9.78 Å². The molecule has 3 aromatic rings. The van der Waals surface area contributed by atoms with Crippen LogP contribution in [-0.4, -0.2) is 44.1 Å². The van der Waals surface area contributed by atoms with Crippen molar-refractivity contribution in [2.45, 2.75) is 38.8 Å². The van der Waals surface area contributed by atoms with Crippen LogP contribution in [0.3, 0.4) is 0 Å². The maximum atomic E-state index is 12.4. The van der Waals surface area contributed by atoms with Crippen LogP contribution in [0, 0.1) is 0 Å². The number of nitrogens with two attached hydrogens (primary N) is 2. The second-order valence-corrected chi connectivity index (χ2v) is 7.65. The van der Waals surface area contributed by atoms with Crippen molar-refractivity contribution in [3.8, 4) is 0 Å². The molecule has 0 spiro atoms. The minimum atomic E-state index is -1.29. The molecule has 11 nitrogen and oxygen atoms in total. The number of anilines is 3. The van der Waals surface area contributed by atoms with Gasteiger partial charge in [-0.15, -0.1) is 0 Å². The van der Waals surface area contributed by atoms with Gasteiger partial charge in [0.1, 0.15) is 11.9 Å². The second-order valence-electron chi connectivity index (χ2n) is 7.65. The maximum Gasteiger partial charge on any atom is 0.326 e. The van der Waals surface area contributed by atoms with Gasteiger partial charge in [-0.05, 0) is 54.3 Å². The van der Waals surface area contributed by atoms with Crippen LogP contribution in [0.2, 0.25) is 0 Å². The number of aromatic nitrogens is 2. The fourth-order valence-corrected chi connectivity index (χ4v) is 3.66. The van der Waals surface area contributed by atoms with Gasteiger partial charge >= 0.3 is 11.9 Å². The predicted molar refractivity (Wildman–Crippen MR) is 127 cm³/mol. The van der Waals surface area contributed by atoms with Crippen LogP contribution in [0.15, 0.2) is 36.4 Å². The molecule has 0 fully saturated rings. The topological polar surface area (TPSA) is 194 Å². The van der Waals surface area contributed by atoms with Crippen LogP contribution in [0.1, 0.15) is 41.3 Å². The minimum absolute atomic E-state index is 0.124. The number of fused-ring (bicyclic) bond motifs is 1. The van der Waals surface area contributed by atoms with Crippen molar-refractivity contribution >= 4 is 46.2 Å². The molecule has 3 rings (SSSR count). The standard InChI is InChI=1S/C23H26N6O5/c1-2-15-13(5-8-16-19(15)20(24)29-23(25)28-16)11-26-14-6-3-12(4-7-14)21(32)27-17(22(33)34)9-10-18(30)31/h3-8,17,26H,2,9-11H2,1H3,(H,27,32)(H,30,31)(H,33,34)(H4,24,25,28,29). The first-order chi connectivity index (χ1) is 16.2. The van der Waals surface area contributed by atoms with Crippen molar-refractivity contribution in [3.05, 3.63) is 53.1 Å². The number of hydrogen-bond acceptors (Lipinski definition) is 8. The summed E-state index contributed by atoms with van der Waals surface area (Å²) in [5, 5.41) is 24.4. The number of aliphatic carboxylic acids is 2. The molecular weight excluding hydrogens is 440 g/mol. The van der Waals surface area contributed by atoms with Gasteiger partial charge in [0.05, 0.1) is 5.52 Å². The van der Waals surface area contributed by atoms with Gasteiger partial charge in [0.15, 0.2) is 0 Å². The summed E-state index contributed by atoms with van der Waals surface area (Å²) < 4.78 is 0. The van der Waals surface area contributed by atoms with Gasteiger partial charge in [0.2, 0.25) is 5.95 Å². The Hall–Kier alpha value is -4.41. The lowest BCUT2D eigenvalue weighted by Crippen LogP contribution is -2.41. The summed E-state index contributed by atoms with van der Waals surface area (Å²) in [5.41, 5.74) is 15.5. The number of aryl methyl sites for hydroxylation is 1. The molecule has 0 aliphatic rings. The average Bonchev–Trinajstić information content (AvgIpc) is 2.79. The molecule has 0 aliphatic heterocycles. The fraction of sp³-hybridized carbons (Fsp3) is 0.261. The molecule has 0 bridgehead atoms. The first-order valence-electron chi connectivity index (χ1n) is 10.6. The molecule has 178 valence electrons. The highest BCUT2D eigenvalue weighted by Gasteiger charge is 2.21. The minimum Gasteiger partial charge on any atom is -0.481 e. The Kier molecular flexibility index (Phi) is 7.46. The summed E-state index contributed by atoms with van der Waals surface area (Å²) >= 11 is 0. The molecule has 34 heavy (non-hydrogen) atoms. The number of nitrogen functional groups attached to an aromatic ring is 2. The zero-order valence-corrected chi connectivity index (χ0v) is 18.5. The molecule has 1 unspecified atom stereocenters. The van der Waals surface area contributed by atoms with Crippen LogP contribution in [0.25, 0.3) is 10.9 Å². The van der Waals surface area contributed by atoms with Crippen molar-refractivity contribution in [1.29, 1.82) is 0 Å². The first kappa shape index (κ1) is 24.2. The van der Waals surface area contributed by atoms with Gasteiger partial charge in [-0.2, -0.15) is 4.98 Å². The number of rotatable bonds is 10. The Morgan fingerprint density at radius 1 is 1.03 bits per heavy atom. The molecule has 8 N–H and O–H groups in total. The molecule has 0 aliphatic carbocycles. The maximum absolute atomic E-state index is 12.4. The van der Waals surface area contributed by atoms with E-state index in [1.165, 1.54) is 0 Å². The highest BCUT2D eigenvalue weighted by atomic mass is 16.4. The van der Waals surface area contributed by atoms with Crippen molar-refractivity contribution in [2.75, 3.05) is 16.8 Å². The van der Waals surface area contributed by atoms with E-state index in [2.05, 4.69) is 20.6 Å². The first-order valence-corrected chi connectivity index (χ1v) is 10.6. The lowest BCUT2D eigenvalue weighted by atomic mass is 9.99. The third kappa shape index (κ3) is 5.68. The van der Waals surface area contributed by atoms with E-state index < -0.39 is 23.9 Å². The van der Waals surface area contributed by atoms with E-state index in [0.29, 0.717) is 17.9 Å². The predicted octanol–water partition coefficient (Wildman–Crippen LogP) is 2.02. The second kappa shape index (κ2) is 10.5. The van der Waals surface area contributed by atoms with Crippen LogP contribution in [0.4, 0.5) is 17.5 Å².